The van der Waals surface area contributed by atoms with Crippen molar-refractivity contribution in [2.75, 3.05) is 56.6 Å². The number of benzene rings is 2. The van der Waals surface area contributed by atoms with Crippen LogP contribution in [0.1, 0.15) is 31.7 Å². The topological polar surface area (TPSA) is 73.9 Å². The Hall–Kier alpha value is -3.06. The Morgan fingerprint density at radius 1 is 0.969 bits per heavy atom. The highest BCUT2D eigenvalue weighted by Crippen LogP contribution is 2.28. The Kier molecular flexibility index (Phi) is 8.50. The van der Waals surface area contributed by atoms with Crippen molar-refractivity contribution in [1.29, 1.82) is 0 Å². The number of piperazine rings is 1. The first-order valence-electron chi connectivity index (χ1n) is 11.3. The van der Waals surface area contributed by atoms with Gasteiger partial charge in [-0.1, -0.05) is 38.1 Å². The Morgan fingerprint density at radius 3 is 2.31 bits per heavy atom. The smallest absolute Gasteiger partial charge is 0.313 e. The molecule has 0 unspecified atom stereocenters. The van der Waals surface area contributed by atoms with Gasteiger partial charge in [-0.3, -0.25) is 14.5 Å². The van der Waals surface area contributed by atoms with E-state index in [0.717, 1.165) is 50.6 Å². The molecule has 0 saturated carbocycles. The van der Waals surface area contributed by atoms with E-state index in [-0.39, 0.29) is 0 Å². The molecule has 1 aliphatic heterocycles. The van der Waals surface area contributed by atoms with E-state index < -0.39 is 11.8 Å². The third kappa shape index (κ3) is 6.47. The summed E-state index contributed by atoms with van der Waals surface area (Å²) in [6.07, 6.45) is 0.802. The molecule has 2 aromatic rings. The molecular weight excluding hydrogens is 404 g/mol. The van der Waals surface area contributed by atoms with Gasteiger partial charge in [0.25, 0.3) is 0 Å². The molecule has 0 aromatic heterocycles. The summed E-state index contributed by atoms with van der Waals surface area (Å²) in [5, 5.41) is 5.37. The van der Waals surface area contributed by atoms with Gasteiger partial charge in [0.2, 0.25) is 0 Å². The van der Waals surface area contributed by atoms with Crippen molar-refractivity contribution in [3.05, 3.63) is 54.1 Å². The zero-order valence-electron chi connectivity index (χ0n) is 19.3. The number of carbonyl (C=O) groups is 2. The van der Waals surface area contributed by atoms with Crippen LogP contribution in [-0.2, 0) is 9.59 Å². The summed E-state index contributed by atoms with van der Waals surface area (Å²) in [5.74, 6) is 0.0941. The fourth-order valence-corrected chi connectivity index (χ4v) is 3.83. The van der Waals surface area contributed by atoms with Crippen LogP contribution in [0.2, 0.25) is 0 Å². The second-order valence-electron chi connectivity index (χ2n) is 8.34. The van der Waals surface area contributed by atoms with Crippen LogP contribution in [0.25, 0.3) is 0 Å². The predicted molar refractivity (Wildman–Crippen MR) is 128 cm³/mol. The Bertz CT molecular complexity index is 890. The Morgan fingerprint density at radius 2 is 1.66 bits per heavy atom. The first-order chi connectivity index (χ1) is 15.5. The molecule has 32 heavy (non-hydrogen) atoms. The van der Waals surface area contributed by atoms with E-state index in [1.165, 1.54) is 5.56 Å². The molecule has 7 heteroatoms. The molecule has 0 spiro atoms. The fraction of sp³-hybridized carbons (Fsp3) is 0.440. The molecule has 1 aliphatic rings. The summed E-state index contributed by atoms with van der Waals surface area (Å²) < 4.78 is 5.47. The largest absolute Gasteiger partial charge is 0.495 e. The van der Waals surface area contributed by atoms with Crippen LogP contribution in [0.4, 0.5) is 11.4 Å². The van der Waals surface area contributed by atoms with Crippen LogP contribution in [-0.4, -0.2) is 63.1 Å². The molecule has 2 aromatic carbocycles. The minimum atomic E-state index is -0.632. The number of anilines is 2. The summed E-state index contributed by atoms with van der Waals surface area (Å²) in [4.78, 5) is 28.9. The highest BCUT2D eigenvalue weighted by molar-refractivity contribution is 6.39. The lowest BCUT2D eigenvalue weighted by atomic mass is 10.0. The van der Waals surface area contributed by atoms with Crippen LogP contribution in [0, 0.1) is 0 Å². The number of hydrogen-bond acceptors (Lipinski definition) is 5. The highest BCUT2D eigenvalue weighted by Gasteiger charge is 2.19. The molecule has 3 rings (SSSR count). The van der Waals surface area contributed by atoms with Crippen LogP contribution >= 0.6 is 0 Å². The average molecular weight is 439 g/mol. The molecule has 172 valence electrons. The van der Waals surface area contributed by atoms with E-state index in [4.69, 9.17) is 4.74 Å². The van der Waals surface area contributed by atoms with Crippen molar-refractivity contribution in [2.45, 2.75) is 26.2 Å². The first-order valence-corrected chi connectivity index (χ1v) is 11.3. The van der Waals surface area contributed by atoms with Gasteiger partial charge in [-0.15, -0.1) is 0 Å². The number of carbonyl (C=O) groups excluding carboxylic acids is 2. The monoisotopic (exact) mass is 438 g/mol. The maximum absolute atomic E-state index is 12.1. The van der Waals surface area contributed by atoms with Gasteiger partial charge in [0.05, 0.1) is 12.8 Å². The molecule has 0 aliphatic carbocycles. The van der Waals surface area contributed by atoms with Crippen LogP contribution in [0.15, 0.2) is 48.5 Å². The molecular formula is C25H34N4O3. The first kappa shape index (κ1) is 23.6. The molecule has 7 nitrogen and oxygen atoms in total. The van der Waals surface area contributed by atoms with Crippen molar-refractivity contribution in [2.24, 2.45) is 0 Å². The SMILES string of the molecule is COc1ccccc1N1CCN(CCCNC(=O)C(=O)Nc2ccc(C(C)C)cc2)CC1. The highest BCUT2D eigenvalue weighted by atomic mass is 16.5. The molecule has 2 N–H and O–H groups in total. The van der Waals surface area contributed by atoms with Crippen molar-refractivity contribution < 1.29 is 14.3 Å². The van der Waals surface area contributed by atoms with Gasteiger partial charge in [0.1, 0.15) is 5.75 Å². The van der Waals surface area contributed by atoms with Gasteiger partial charge in [0.15, 0.2) is 0 Å². The van der Waals surface area contributed by atoms with Crippen molar-refractivity contribution in [1.82, 2.24) is 10.2 Å². The number of ether oxygens (including phenoxy) is 1. The van der Waals surface area contributed by atoms with Crippen LogP contribution < -0.4 is 20.3 Å². The Labute approximate surface area is 190 Å². The number of rotatable bonds is 8. The standard InChI is InChI=1S/C25H34N4O3/c1-19(2)20-9-11-21(12-10-20)27-25(31)24(30)26-13-6-14-28-15-17-29(18-16-28)22-7-4-5-8-23(22)32-3/h4-5,7-12,19H,6,13-18H2,1-3H3,(H,26,30)(H,27,31). The number of para-hydroxylation sites is 2. The summed E-state index contributed by atoms with van der Waals surface area (Å²) in [7, 11) is 1.70. The van der Waals surface area contributed by atoms with Gasteiger partial charge in [0, 0.05) is 38.4 Å². The Balaban J connectivity index is 1.34. The van der Waals surface area contributed by atoms with Crippen molar-refractivity contribution >= 4 is 23.2 Å². The quantitative estimate of drug-likeness (QED) is 0.489. The normalized spacial score (nSPS) is 14.3. The number of nitrogens with zero attached hydrogens (tertiary/aromatic N) is 2. The van der Waals surface area contributed by atoms with Crippen LogP contribution in [0.5, 0.6) is 5.75 Å². The zero-order valence-corrected chi connectivity index (χ0v) is 19.3. The minimum Gasteiger partial charge on any atom is -0.495 e. The zero-order chi connectivity index (χ0) is 22.9. The lowest BCUT2D eigenvalue weighted by Crippen LogP contribution is -2.47. The molecule has 0 radical (unpaired) electrons. The van der Waals surface area contributed by atoms with Gasteiger partial charge in [-0.05, 0) is 48.7 Å². The number of nitrogens with one attached hydrogen (secondary N) is 2. The second-order valence-corrected chi connectivity index (χ2v) is 8.34. The third-order valence-electron chi connectivity index (χ3n) is 5.78. The molecule has 1 heterocycles. The predicted octanol–water partition coefficient (Wildman–Crippen LogP) is 3.09. The molecule has 0 atom stereocenters. The summed E-state index contributed by atoms with van der Waals surface area (Å²) >= 11 is 0. The maximum Gasteiger partial charge on any atom is 0.313 e. The third-order valence-corrected chi connectivity index (χ3v) is 5.78. The summed E-state index contributed by atoms with van der Waals surface area (Å²) in [6.45, 7) is 9.37. The van der Waals surface area contributed by atoms with Crippen molar-refractivity contribution in [3.63, 3.8) is 0 Å². The number of amides is 2. The molecule has 1 saturated heterocycles. The second kappa shape index (κ2) is 11.5. The fourth-order valence-electron chi connectivity index (χ4n) is 3.83. The van der Waals surface area contributed by atoms with Crippen LogP contribution in [0.3, 0.4) is 0 Å². The van der Waals surface area contributed by atoms with E-state index in [1.807, 2.05) is 42.5 Å². The molecule has 0 bridgehead atoms. The summed E-state index contributed by atoms with van der Waals surface area (Å²) in [6, 6.07) is 15.7. The molecule has 2 amide bonds. The van der Waals surface area contributed by atoms with E-state index in [9.17, 15) is 9.59 Å². The lowest BCUT2D eigenvalue weighted by Gasteiger charge is -2.36. The minimum absolute atomic E-state index is 0.423. The average Bonchev–Trinajstić information content (AvgIpc) is 2.82. The van der Waals surface area contributed by atoms with E-state index in [0.29, 0.717) is 18.2 Å². The van der Waals surface area contributed by atoms with E-state index in [1.54, 1.807) is 7.11 Å². The van der Waals surface area contributed by atoms with Gasteiger partial charge < -0.3 is 20.3 Å². The molecule has 1 fully saturated rings. The number of hydrogen-bond donors (Lipinski definition) is 2. The summed E-state index contributed by atoms with van der Waals surface area (Å²) in [5.41, 5.74) is 2.95. The van der Waals surface area contributed by atoms with E-state index in [2.05, 4.69) is 40.3 Å². The van der Waals surface area contributed by atoms with Gasteiger partial charge in [-0.25, -0.2) is 0 Å². The van der Waals surface area contributed by atoms with Gasteiger partial charge in [-0.2, -0.15) is 0 Å². The van der Waals surface area contributed by atoms with E-state index >= 15 is 0 Å². The number of methoxy groups -OCH3 is 1. The van der Waals surface area contributed by atoms with Crippen molar-refractivity contribution in [3.8, 4) is 5.75 Å². The maximum atomic E-state index is 12.1. The lowest BCUT2D eigenvalue weighted by molar-refractivity contribution is -0.136. The van der Waals surface area contributed by atoms with Gasteiger partial charge >= 0.3 is 11.8 Å².